The molecule has 0 saturated carbocycles. The maximum absolute atomic E-state index is 12.5. The van der Waals surface area contributed by atoms with Crippen LogP contribution in [0.25, 0.3) is 6.08 Å². The van der Waals surface area contributed by atoms with Crippen molar-refractivity contribution in [2.75, 3.05) is 5.32 Å². The molecule has 0 atom stereocenters. The van der Waals surface area contributed by atoms with Gasteiger partial charge in [0.05, 0.1) is 10.5 Å². The number of hydrogen-bond donors (Lipinski definition) is 1. The first-order chi connectivity index (χ1) is 15.4. The van der Waals surface area contributed by atoms with Gasteiger partial charge in [0.15, 0.2) is 0 Å². The number of ether oxygens (including phenoxy) is 1. The molecule has 3 rings (SSSR count). The Labute approximate surface area is 187 Å². The van der Waals surface area contributed by atoms with E-state index < -0.39 is 22.5 Å². The topological polar surface area (TPSA) is 122 Å². The van der Waals surface area contributed by atoms with E-state index in [-0.39, 0.29) is 22.0 Å². The van der Waals surface area contributed by atoms with E-state index in [0.717, 1.165) is 6.07 Å². The third kappa shape index (κ3) is 5.56. The second-order valence-electron chi connectivity index (χ2n) is 6.37. The van der Waals surface area contributed by atoms with Gasteiger partial charge in [-0.05, 0) is 48.0 Å². The van der Waals surface area contributed by atoms with E-state index in [1.807, 2.05) is 0 Å². The number of nitro benzene ring substituents is 1. The summed E-state index contributed by atoms with van der Waals surface area (Å²) in [7, 11) is 0. The van der Waals surface area contributed by atoms with E-state index in [1.165, 1.54) is 30.3 Å². The molecule has 1 N–H and O–H groups in total. The summed E-state index contributed by atoms with van der Waals surface area (Å²) in [5.74, 6) is -1.05. The number of anilines is 1. The zero-order valence-electron chi connectivity index (χ0n) is 16.3. The molecule has 32 heavy (non-hydrogen) atoms. The van der Waals surface area contributed by atoms with Crippen LogP contribution in [-0.2, 0) is 4.79 Å². The lowest BCUT2D eigenvalue weighted by Gasteiger charge is -2.06. The Bertz CT molecular complexity index is 1250. The summed E-state index contributed by atoms with van der Waals surface area (Å²) in [6.45, 7) is 0. The van der Waals surface area contributed by atoms with Crippen molar-refractivity contribution in [3.8, 4) is 11.8 Å². The van der Waals surface area contributed by atoms with Crippen molar-refractivity contribution < 1.29 is 19.2 Å². The number of carbonyl (C=O) groups excluding carboxylic acids is 2. The van der Waals surface area contributed by atoms with Crippen LogP contribution in [-0.4, -0.2) is 16.8 Å². The number of nitro groups is 1. The van der Waals surface area contributed by atoms with Gasteiger partial charge >= 0.3 is 5.97 Å². The molecule has 0 saturated heterocycles. The molecule has 158 valence electrons. The van der Waals surface area contributed by atoms with Gasteiger partial charge in [-0.2, -0.15) is 5.26 Å². The molecule has 3 aromatic carbocycles. The maximum atomic E-state index is 12.5. The molecular weight excluding hydrogens is 434 g/mol. The Hall–Kier alpha value is -4.48. The van der Waals surface area contributed by atoms with Gasteiger partial charge in [-0.3, -0.25) is 14.9 Å². The first-order valence-corrected chi connectivity index (χ1v) is 9.49. The highest BCUT2D eigenvalue weighted by Crippen LogP contribution is 2.28. The molecule has 0 aliphatic heterocycles. The van der Waals surface area contributed by atoms with Crippen LogP contribution in [0.1, 0.15) is 15.9 Å². The fourth-order valence-electron chi connectivity index (χ4n) is 2.64. The standard InChI is InChI=1S/C23H14ClN3O5/c24-18-8-11-20(21(13-18)27(30)31)26-22(28)17(14-25)12-15-6-9-19(10-7-15)32-23(29)16-4-2-1-3-5-16/h1-13H,(H,26,28)/b17-12+. The van der Waals surface area contributed by atoms with E-state index in [9.17, 15) is 25.0 Å². The molecule has 8 nitrogen and oxygen atoms in total. The number of esters is 1. The Balaban J connectivity index is 1.74. The predicted octanol–water partition coefficient (Wildman–Crippen LogP) is 5.01. The summed E-state index contributed by atoms with van der Waals surface area (Å²) in [6.07, 6.45) is 1.31. The van der Waals surface area contributed by atoms with Gasteiger partial charge in [0.1, 0.15) is 23.1 Å². The van der Waals surface area contributed by atoms with Crippen molar-refractivity contribution in [2.24, 2.45) is 0 Å². The fourth-order valence-corrected chi connectivity index (χ4v) is 2.81. The largest absolute Gasteiger partial charge is 0.423 e. The molecule has 0 aromatic heterocycles. The molecule has 0 aliphatic carbocycles. The number of nitrogens with zero attached hydrogens (tertiary/aromatic N) is 2. The van der Waals surface area contributed by atoms with Crippen molar-refractivity contribution in [1.82, 2.24) is 0 Å². The molecule has 9 heteroatoms. The van der Waals surface area contributed by atoms with Crippen molar-refractivity contribution in [1.29, 1.82) is 5.26 Å². The maximum Gasteiger partial charge on any atom is 0.343 e. The number of halogens is 1. The SMILES string of the molecule is N#C/C(=C\c1ccc(OC(=O)c2ccccc2)cc1)C(=O)Nc1ccc(Cl)cc1[N+](=O)[O-]. The lowest BCUT2D eigenvalue weighted by Crippen LogP contribution is -2.14. The van der Waals surface area contributed by atoms with Crippen LogP contribution in [0, 0.1) is 21.4 Å². The smallest absolute Gasteiger partial charge is 0.343 e. The highest BCUT2D eigenvalue weighted by Gasteiger charge is 2.18. The van der Waals surface area contributed by atoms with Crippen LogP contribution >= 0.6 is 11.6 Å². The summed E-state index contributed by atoms with van der Waals surface area (Å²) in [4.78, 5) is 35.0. The van der Waals surface area contributed by atoms with Gasteiger partial charge in [-0.25, -0.2) is 4.79 Å². The second kappa shape index (κ2) is 10.0. The van der Waals surface area contributed by atoms with E-state index in [4.69, 9.17) is 16.3 Å². The number of rotatable bonds is 6. The molecule has 0 aliphatic rings. The van der Waals surface area contributed by atoms with Gasteiger partial charge in [-0.15, -0.1) is 0 Å². The Morgan fingerprint density at radius 1 is 1.06 bits per heavy atom. The lowest BCUT2D eigenvalue weighted by molar-refractivity contribution is -0.383. The molecule has 0 heterocycles. The summed E-state index contributed by atoms with van der Waals surface area (Å²) in [6, 6.07) is 20.2. The molecule has 0 radical (unpaired) electrons. The number of benzene rings is 3. The normalized spacial score (nSPS) is 10.7. The third-order valence-corrected chi connectivity index (χ3v) is 4.42. The number of carbonyl (C=O) groups is 2. The first-order valence-electron chi connectivity index (χ1n) is 9.12. The van der Waals surface area contributed by atoms with Gasteiger partial charge in [0.25, 0.3) is 11.6 Å². The van der Waals surface area contributed by atoms with Crippen molar-refractivity contribution in [3.63, 3.8) is 0 Å². The van der Waals surface area contributed by atoms with Crippen LogP contribution in [0.2, 0.25) is 5.02 Å². The molecule has 0 bridgehead atoms. The highest BCUT2D eigenvalue weighted by molar-refractivity contribution is 6.31. The average Bonchev–Trinajstić information content (AvgIpc) is 2.80. The summed E-state index contributed by atoms with van der Waals surface area (Å²) in [5.41, 5.74) is 0.128. The van der Waals surface area contributed by atoms with Gasteiger partial charge in [0, 0.05) is 11.1 Å². The monoisotopic (exact) mass is 447 g/mol. The fraction of sp³-hybridized carbons (Fsp3) is 0. The third-order valence-electron chi connectivity index (χ3n) is 4.18. The highest BCUT2D eigenvalue weighted by atomic mass is 35.5. The Kier molecular flexibility index (Phi) is 6.95. The minimum Gasteiger partial charge on any atom is -0.423 e. The molecule has 0 fully saturated rings. The Morgan fingerprint density at radius 2 is 1.75 bits per heavy atom. The first kappa shape index (κ1) is 22.2. The van der Waals surface area contributed by atoms with Crippen LogP contribution in [0.3, 0.4) is 0 Å². The summed E-state index contributed by atoms with van der Waals surface area (Å²) < 4.78 is 5.28. The zero-order chi connectivity index (χ0) is 23.1. The quantitative estimate of drug-likeness (QED) is 0.141. The number of nitrogens with one attached hydrogen (secondary N) is 1. The van der Waals surface area contributed by atoms with Crippen molar-refractivity contribution in [2.45, 2.75) is 0 Å². The number of hydrogen-bond acceptors (Lipinski definition) is 6. The van der Waals surface area contributed by atoms with Crippen LogP contribution in [0.5, 0.6) is 5.75 Å². The van der Waals surface area contributed by atoms with Crippen molar-refractivity contribution >= 4 is 40.9 Å². The van der Waals surface area contributed by atoms with Gasteiger partial charge < -0.3 is 10.1 Å². The van der Waals surface area contributed by atoms with E-state index in [1.54, 1.807) is 48.5 Å². The second-order valence-corrected chi connectivity index (χ2v) is 6.80. The average molecular weight is 448 g/mol. The van der Waals surface area contributed by atoms with Crippen LogP contribution < -0.4 is 10.1 Å². The predicted molar refractivity (Wildman–Crippen MR) is 118 cm³/mol. The minimum atomic E-state index is -0.822. The Morgan fingerprint density at radius 3 is 2.38 bits per heavy atom. The minimum absolute atomic E-state index is 0.0891. The van der Waals surface area contributed by atoms with E-state index >= 15 is 0 Å². The van der Waals surface area contributed by atoms with E-state index in [2.05, 4.69) is 5.32 Å². The van der Waals surface area contributed by atoms with Crippen LogP contribution in [0.15, 0.2) is 78.4 Å². The zero-order valence-corrected chi connectivity index (χ0v) is 17.1. The lowest BCUT2D eigenvalue weighted by atomic mass is 10.1. The van der Waals surface area contributed by atoms with Gasteiger partial charge in [-0.1, -0.05) is 41.9 Å². The number of amides is 1. The summed E-state index contributed by atoms with van der Waals surface area (Å²) in [5, 5.41) is 23.0. The number of nitriles is 1. The summed E-state index contributed by atoms with van der Waals surface area (Å²) >= 11 is 5.76. The molecule has 0 spiro atoms. The molecule has 0 unspecified atom stereocenters. The molecular formula is C23H14ClN3O5. The van der Waals surface area contributed by atoms with Crippen LogP contribution in [0.4, 0.5) is 11.4 Å². The van der Waals surface area contributed by atoms with Gasteiger partial charge in [0.2, 0.25) is 0 Å². The van der Waals surface area contributed by atoms with E-state index in [0.29, 0.717) is 11.1 Å². The van der Waals surface area contributed by atoms with Crippen molar-refractivity contribution in [3.05, 3.63) is 105 Å². The molecule has 3 aromatic rings. The molecule has 1 amide bonds.